The molecule has 2 aliphatic rings. The highest BCUT2D eigenvalue weighted by atomic mass is 19.1. The van der Waals surface area contributed by atoms with Gasteiger partial charge < -0.3 is 21.5 Å². The van der Waals surface area contributed by atoms with Gasteiger partial charge in [0.1, 0.15) is 11.2 Å². The smallest absolute Gasteiger partial charge is 0.224 e. The third-order valence-electron chi connectivity index (χ3n) is 7.28. The monoisotopic (exact) mass is 510 g/mol. The lowest BCUT2D eigenvalue weighted by Crippen LogP contribution is -2.30. The van der Waals surface area contributed by atoms with Crippen LogP contribution in [0, 0.1) is 28.9 Å². The van der Waals surface area contributed by atoms with E-state index in [0.717, 1.165) is 31.4 Å². The molecule has 0 aliphatic heterocycles. The Morgan fingerprint density at radius 2 is 1.86 bits per heavy atom. The van der Waals surface area contributed by atoms with Gasteiger partial charge in [-0.15, -0.1) is 0 Å². The Hall–Kier alpha value is -3.85. The average molecular weight is 511 g/mol. The molecular weight excluding hydrogens is 482 g/mol. The maximum atomic E-state index is 14.7. The first kappa shape index (κ1) is 24.8. The summed E-state index contributed by atoms with van der Waals surface area (Å²) >= 11 is 0. The quantitative estimate of drug-likeness (QED) is 0.392. The summed E-state index contributed by atoms with van der Waals surface area (Å²) in [5.41, 5.74) is 5.86. The number of nitriles is 1. The van der Waals surface area contributed by atoms with Gasteiger partial charge in [0.25, 0.3) is 0 Å². The number of carbonyl (C=O) groups excluding carboxylic acids is 1. The van der Waals surface area contributed by atoms with Gasteiger partial charge in [-0.25, -0.2) is 18.7 Å². The minimum atomic E-state index is -0.920. The Labute approximate surface area is 211 Å². The van der Waals surface area contributed by atoms with E-state index in [1.54, 1.807) is 16.8 Å². The molecule has 0 unspecified atom stereocenters. The molecule has 0 bridgehead atoms. The molecule has 2 atom stereocenters. The summed E-state index contributed by atoms with van der Waals surface area (Å²) in [6, 6.07) is 3.53. The van der Waals surface area contributed by atoms with Gasteiger partial charge in [0, 0.05) is 18.0 Å². The van der Waals surface area contributed by atoms with Crippen LogP contribution in [0.5, 0.6) is 0 Å². The van der Waals surface area contributed by atoms with Gasteiger partial charge in [0.15, 0.2) is 17.3 Å². The zero-order valence-electron chi connectivity index (χ0n) is 20.1. The SMILES string of the molecule is N#Cc1cc(F)c(Nc2nc3cnc(N[C@H]4CCC[C@H](O)C4)nc3n2C2CCC(C(N)=O)CC2)c(F)c1. The molecule has 2 saturated carbocycles. The number of nitrogens with zero attached hydrogens (tertiary/aromatic N) is 5. The predicted molar refractivity (Wildman–Crippen MR) is 132 cm³/mol. The van der Waals surface area contributed by atoms with E-state index in [1.807, 2.05) is 0 Å². The highest BCUT2D eigenvalue weighted by molar-refractivity contribution is 5.78. The lowest BCUT2D eigenvalue weighted by Gasteiger charge is -2.29. The number of aromatic nitrogens is 4. The number of anilines is 3. The van der Waals surface area contributed by atoms with Crippen LogP contribution in [0.2, 0.25) is 0 Å². The average Bonchev–Trinajstić information content (AvgIpc) is 3.23. The van der Waals surface area contributed by atoms with Crippen molar-refractivity contribution < 1.29 is 18.7 Å². The van der Waals surface area contributed by atoms with Crippen LogP contribution in [0.15, 0.2) is 18.3 Å². The van der Waals surface area contributed by atoms with E-state index in [-0.39, 0.29) is 41.5 Å². The third-order valence-corrected chi connectivity index (χ3v) is 7.28. The van der Waals surface area contributed by atoms with Crippen LogP contribution in [-0.2, 0) is 4.79 Å². The normalized spacial score (nSPS) is 23.9. The molecule has 0 spiro atoms. The number of aliphatic hydroxyl groups excluding tert-OH is 1. The van der Waals surface area contributed by atoms with Crippen molar-refractivity contribution in [3.05, 3.63) is 35.5 Å². The first-order valence-corrected chi connectivity index (χ1v) is 12.5. The van der Waals surface area contributed by atoms with Gasteiger partial charge in [0.05, 0.1) is 23.9 Å². The Kier molecular flexibility index (Phi) is 6.88. The lowest BCUT2D eigenvalue weighted by atomic mass is 9.85. The summed E-state index contributed by atoms with van der Waals surface area (Å²) < 4.78 is 31.2. The van der Waals surface area contributed by atoms with Crippen molar-refractivity contribution in [2.45, 2.75) is 69.6 Å². The van der Waals surface area contributed by atoms with Crippen LogP contribution in [0.4, 0.5) is 26.4 Å². The molecule has 2 heterocycles. The molecule has 37 heavy (non-hydrogen) atoms. The second-order valence-electron chi connectivity index (χ2n) is 9.83. The van der Waals surface area contributed by atoms with Crippen molar-refractivity contribution in [1.82, 2.24) is 19.5 Å². The number of halogens is 2. The maximum absolute atomic E-state index is 14.7. The predicted octanol–water partition coefficient (Wildman–Crippen LogP) is 3.65. The van der Waals surface area contributed by atoms with Crippen LogP contribution >= 0.6 is 0 Å². The molecule has 1 aromatic carbocycles. The number of primary amides is 1. The van der Waals surface area contributed by atoms with Crippen molar-refractivity contribution in [3.63, 3.8) is 0 Å². The minimum Gasteiger partial charge on any atom is -0.393 e. The molecule has 0 saturated heterocycles. The summed E-state index contributed by atoms with van der Waals surface area (Å²) in [5.74, 6) is -1.84. The number of rotatable bonds is 6. The zero-order valence-corrected chi connectivity index (χ0v) is 20.1. The number of nitrogens with one attached hydrogen (secondary N) is 2. The zero-order chi connectivity index (χ0) is 26.1. The van der Waals surface area contributed by atoms with Gasteiger partial charge in [-0.05, 0) is 63.5 Å². The molecule has 10 nitrogen and oxygen atoms in total. The number of hydrogen-bond acceptors (Lipinski definition) is 8. The van der Waals surface area contributed by atoms with Gasteiger partial charge in [-0.1, -0.05) is 0 Å². The number of hydrogen-bond donors (Lipinski definition) is 4. The van der Waals surface area contributed by atoms with E-state index in [1.165, 1.54) is 0 Å². The highest BCUT2D eigenvalue weighted by Crippen LogP contribution is 2.37. The Morgan fingerprint density at radius 3 is 2.51 bits per heavy atom. The fourth-order valence-corrected chi connectivity index (χ4v) is 5.36. The molecule has 5 rings (SSSR count). The highest BCUT2D eigenvalue weighted by Gasteiger charge is 2.30. The summed E-state index contributed by atoms with van der Waals surface area (Å²) in [6.45, 7) is 0. The van der Waals surface area contributed by atoms with Crippen molar-refractivity contribution in [1.29, 1.82) is 5.26 Å². The van der Waals surface area contributed by atoms with Crippen LogP contribution in [0.1, 0.15) is 63.0 Å². The second-order valence-corrected chi connectivity index (χ2v) is 9.83. The minimum absolute atomic E-state index is 0.0306. The van der Waals surface area contributed by atoms with Crippen LogP contribution < -0.4 is 16.4 Å². The summed E-state index contributed by atoms with van der Waals surface area (Å²) in [7, 11) is 0. The van der Waals surface area contributed by atoms with Crippen LogP contribution in [0.25, 0.3) is 11.2 Å². The summed E-state index contributed by atoms with van der Waals surface area (Å²) in [4.78, 5) is 25.3. The second kappa shape index (κ2) is 10.3. The topological polar surface area (TPSA) is 155 Å². The molecule has 12 heteroatoms. The molecule has 2 aromatic heterocycles. The van der Waals surface area contributed by atoms with Crippen molar-refractivity contribution in [2.75, 3.05) is 10.6 Å². The van der Waals surface area contributed by atoms with Gasteiger partial charge >= 0.3 is 0 Å². The lowest BCUT2D eigenvalue weighted by molar-refractivity contribution is -0.122. The number of nitrogens with two attached hydrogens (primary N) is 1. The van der Waals surface area contributed by atoms with Crippen LogP contribution in [-0.4, -0.2) is 42.7 Å². The largest absolute Gasteiger partial charge is 0.393 e. The third kappa shape index (κ3) is 5.17. The summed E-state index contributed by atoms with van der Waals surface area (Å²) in [6.07, 6.45) is 6.71. The number of carbonyl (C=O) groups is 1. The number of benzene rings is 1. The van der Waals surface area contributed by atoms with E-state index < -0.39 is 17.3 Å². The number of fused-ring (bicyclic) bond motifs is 1. The molecule has 194 valence electrons. The van der Waals surface area contributed by atoms with E-state index >= 15 is 0 Å². The molecule has 2 aliphatic carbocycles. The first-order chi connectivity index (χ1) is 17.8. The fourth-order valence-electron chi connectivity index (χ4n) is 5.36. The van der Waals surface area contributed by atoms with Gasteiger partial charge in [-0.3, -0.25) is 9.36 Å². The first-order valence-electron chi connectivity index (χ1n) is 12.5. The fraction of sp³-hybridized carbons (Fsp3) is 0.480. The molecular formula is C25H28F2N8O2. The Morgan fingerprint density at radius 1 is 1.14 bits per heavy atom. The van der Waals surface area contributed by atoms with Crippen molar-refractivity contribution in [3.8, 4) is 6.07 Å². The number of amides is 1. The van der Waals surface area contributed by atoms with Crippen LogP contribution in [0.3, 0.4) is 0 Å². The molecule has 0 radical (unpaired) electrons. The van der Waals surface area contributed by atoms with E-state index in [9.17, 15) is 18.7 Å². The van der Waals surface area contributed by atoms with Crippen molar-refractivity contribution >= 4 is 34.7 Å². The number of imidazole rings is 1. The number of aliphatic hydroxyl groups is 1. The molecule has 2 fully saturated rings. The van der Waals surface area contributed by atoms with Gasteiger partial charge in [0.2, 0.25) is 17.8 Å². The van der Waals surface area contributed by atoms with Crippen molar-refractivity contribution in [2.24, 2.45) is 11.7 Å². The maximum Gasteiger partial charge on any atom is 0.224 e. The molecule has 5 N–H and O–H groups in total. The molecule has 3 aromatic rings. The van der Waals surface area contributed by atoms with E-state index in [0.29, 0.717) is 49.2 Å². The Bertz CT molecular complexity index is 1340. The summed E-state index contributed by atoms with van der Waals surface area (Å²) in [5, 5.41) is 25.1. The van der Waals surface area contributed by atoms with Gasteiger partial charge in [-0.2, -0.15) is 10.2 Å². The van der Waals surface area contributed by atoms with E-state index in [2.05, 4.69) is 20.6 Å². The Balaban J connectivity index is 1.52. The van der Waals surface area contributed by atoms with E-state index in [4.69, 9.17) is 16.0 Å². The molecule has 1 amide bonds. The standard InChI is InChI=1S/C25H28F2N8O2/c26-18-8-13(11-28)9-19(27)21(18)33-25-32-20-12-30-24(31-15-2-1-3-17(36)10-15)34-23(20)35(25)16-6-4-14(5-7-16)22(29)37/h8-9,12,14-17,36H,1-7,10H2,(H2,29,37)(H,32,33)(H,30,31,34)/t14?,15-,16?,17-/m0/s1.